The summed E-state index contributed by atoms with van der Waals surface area (Å²) in [5.41, 5.74) is 7.85. The summed E-state index contributed by atoms with van der Waals surface area (Å²) in [5.74, 6) is -0.333. The van der Waals surface area contributed by atoms with Gasteiger partial charge in [-0.25, -0.2) is 4.98 Å². The lowest BCUT2D eigenvalue weighted by Gasteiger charge is -2.12. The number of halogens is 1. The third kappa shape index (κ3) is 3.55. The first-order chi connectivity index (χ1) is 12.5. The van der Waals surface area contributed by atoms with E-state index in [4.69, 9.17) is 22.6 Å². The minimum atomic E-state index is -0.523. The molecule has 0 spiro atoms. The van der Waals surface area contributed by atoms with Crippen molar-refractivity contribution in [2.45, 2.75) is 0 Å². The smallest absolute Gasteiger partial charge is 0.254 e. The zero-order valence-corrected chi connectivity index (χ0v) is 14.0. The van der Waals surface area contributed by atoms with Crippen molar-refractivity contribution in [1.29, 1.82) is 5.26 Å². The number of nitrogens with two attached hydrogens (primary N) is 1. The number of nitrogens with zero attached hydrogens (tertiary/aromatic N) is 3. The Bertz CT molecular complexity index is 1080. The molecule has 2 heterocycles. The average molecular weight is 366 g/mol. The number of aromatic nitrogens is 3. The van der Waals surface area contributed by atoms with Gasteiger partial charge in [-0.2, -0.15) is 10.2 Å². The molecular formula is C18H12ClN5O2. The van der Waals surface area contributed by atoms with Crippen LogP contribution < -0.4 is 11.3 Å². The van der Waals surface area contributed by atoms with Gasteiger partial charge >= 0.3 is 0 Å². The van der Waals surface area contributed by atoms with Gasteiger partial charge in [-0.15, -0.1) is 0 Å². The number of aromatic hydroxyl groups is 1. The van der Waals surface area contributed by atoms with E-state index < -0.39 is 11.4 Å². The second-order valence-electron chi connectivity index (χ2n) is 5.29. The molecule has 2 aromatic heterocycles. The molecular weight excluding hydrogens is 354 g/mol. The topological polar surface area (TPSA) is 129 Å². The summed E-state index contributed by atoms with van der Waals surface area (Å²) in [6.07, 6.45) is 1.45. The Kier molecular flexibility index (Phi) is 4.69. The van der Waals surface area contributed by atoms with Crippen LogP contribution in [-0.4, -0.2) is 20.1 Å². The number of benzene rings is 1. The fourth-order valence-corrected chi connectivity index (χ4v) is 2.49. The van der Waals surface area contributed by atoms with Gasteiger partial charge in [0.15, 0.2) is 0 Å². The van der Waals surface area contributed by atoms with Gasteiger partial charge in [-0.1, -0.05) is 23.7 Å². The molecule has 4 N–H and O–H groups in total. The predicted octanol–water partition coefficient (Wildman–Crippen LogP) is 2.27. The minimum absolute atomic E-state index is 0.0965. The zero-order valence-electron chi connectivity index (χ0n) is 13.3. The first-order valence-corrected chi connectivity index (χ1v) is 7.78. The van der Waals surface area contributed by atoms with Gasteiger partial charge in [0.05, 0.1) is 11.8 Å². The molecule has 0 aliphatic heterocycles. The number of H-pyrrole nitrogens is 1. The molecule has 0 amide bonds. The van der Waals surface area contributed by atoms with Crippen LogP contribution in [0.3, 0.4) is 0 Å². The van der Waals surface area contributed by atoms with Crippen LogP contribution in [0.4, 0.5) is 0 Å². The summed E-state index contributed by atoms with van der Waals surface area (Å²) in [6.45, 7) is 0. The number of hydrogen-bond acceptors (Lipinski definition) is 6. The van der Waals surface area contributed by atoms with Crippen molar-refractivity contribution in [2.24, 2.45) is 5.73 Å². The Morgan fingerprint density at radius 1 is 1.19 bits per heavy atom. The van der Waals surface area contributed by atoms with Crippen LogP contribution in [0.1, 0.15) is 22.6 Å². The van der Waals surface area contributed by atoms with Crippen molar-refractivity contribution in [3.8, 4) is 11.9 Å². The van der Waals surface area contributed by atoms with Crippen LogP contribution in [0.2, 0.25) is 5.02 Å². The summed E-state index contributed by atoms with van der Waals surface area (Å²) >= 11 is 5.94. The normalized spacial score (nSPS) is 11.5. The predicted molar refractivity (Wildman–Crippen MR) is 97.0 cm³/mol. The van der Waals surface area contributed by atoms with Crippen molar-refractivity contribution in [3.05, 3.63) is 86.7 Å². The SMILES string of the molecule is N#Cc1ccc(/C(N)=C(\c2ccc(Cl)cc2)c2nc(O)cc(=O)[nH]2)cn1. The molecule has 26 heavy (non-hydrogen) atoms. The van der Waals surface area contributed by atoms with E-state index in [2.05, 4.69) is 15.0 Å². The van der Waals surface area contributed by atoms with Gasteiger partial charge in [-0.05, 0) is 29.8 Å². The second kappa shape index (κ2) is 7.09. The molecule has 1 aromatic carbocycles. The van der Waals surface area contributed by atoms with E-state index in [0.717, 1.165) is 6.07 Å². The monoisotopic (exact) mass is 365 g/mol. The van der Waals surface area contributed by atoms with E-state index in [1.807, 2.05) is 6.07 Å². The Balaban J connectivity index is 2.26. The summed E-state index contributed by atoms with van der Waals surface area (Å²) in [7, 11) is 0. The van der Waals surface area contributed by atoms with Gasteiger partial charge in [0.25, 0.3) is 5.56 Å². The lowest BCUT2D eigenvalue weighted by molar-refractivity contribution is 0.450. The molecule has 128 valence electrons. The number of rotatable bonds is 3. The highest BCUT2D eigenvalue weighted by atomic mass is 35.5. The molecule has 7 nitrogen and oxygen atoms in total. The molecule has 0 unspecified atom stereocenters. The van der Waals surface area contributed by atoms with Crippen molar-refractivity contribution in [2.75, 3.05) is 0 Å². The van der Waals surface area contributed by atoms with Crippen LogP contribution in [0.25, 0.3) is 11.3 Å². The number of hydrogen-bond donors (Lipinski definition) is 3. The van der Waals surface area contributed by atoms with Crippen LogP contribution in [0.15, 0.2) is 53.5 Å². The van der Waals surface area contributed by atoms with E-state index in [1.54, 1.807) is 30.3 Å². The van der Waals surface area contributed by atoms with Gasteiger partial charge < -0.3 is 15.8 Å². The fraction of sp³-hybridized carbons (Fsp3) is 0. The first-order valence-electron chi connectivity index (χ1n) is 7.41. The van der Waals surface area contributed by atoms with Gasteiger partial charge in [0.1, 0.15) is 17.6 Å². The maximum Gasteiger partial charge on any atom is 0.254 e. The summed E-state index contributed by atoms with van der Waals surface area (Å²) < 4.78 is 0. The first kappa shape index (κ1) is 17.2. The maximum absolute atomic E-state index is 11.8. The summed E-state index contributed by atoms with van der Waals surface area (Å²) in [5, 5.41) is 19.1. The molecule has 0 radical (unpaired) electrons. The van der Waals surface area contributed by atoms with E-state index in [-0.39, 0.29) is 17.2 Å². The highest BCUT2D eigenvalue weighted by Gasteiger charge is 2.15. The molecule has 0 saturated heterocycles. The Labute approximate surface area is 153 Å². The lowest BCUT2D eigenvalue weighted by Crippen LogP contribution is -2.12. The van der Waals surface area contributed by atoms with Gasteiger partial charge in [-0.3, -0.25) is 4.79 Å². The fourth-order valence-electron chi connectivity index (χ4n) is 2.36. The van der Waals surface area contributed by atoms with Crippen molar-refractivity contribution in [3.63, 3.8) is 0 Å². The van der Waals surface area contributed by atoms with E-state index in [1.165, 1.54) is 12.3 Å². The molecule has 0 fully saturated rings. The number of pyridine rings is 1. The second-order valence-corrected chi connectivity index (χ2v) is 5.73. The van der Waals surface area contributed by atoms with Crippen molar-refractivity contribution in [1.82, 2.24) is 15.0 Å². The molecule has 3 aromatic rings. The lowest BCUT2D eigenvalue weighted by atomic mass is 9.99. The Morgan fingerprint density at radius 2 is 1.88 bits per heavy atom. The maximum atomic E-state index is 11.8. The van der Waals surface area contributed by atoms with Gasteiger partial charge in [0, 0.05) is 22.4 Å². The average Bonchev–Trinajstić information content (AvgIpc) is 2.63. The molecule has 0 saturated carbocycles. The molecule has 3 rings (SSSR count). The third-order valence-electron chi connectivity index (χ3n) is 3.56. The van der Waals surface area contributed by atoms with Crippen LogP contribution in [0.5, 0.6) is 5.88 Å². The minimum Gasteiger partial charge on any atom is -0.493 e. The highest BCUT2D eigenvalue weighted by molar-refractivity contribution is 6.30. The van der Waals surface area contributed by atoms with Crippen molar-refractivity contribution >= 4 is 22.9 Å². The summed E-state index contributed by atoms with van der Waals surface area (Å²) in [6, 6.07) is 12.8. The van der Waals surface area contributed by atoms with E-state index in [9.17, 15) is 9.90 Å². The molecule has 0 atom stereocenters. The van der Waals surface area contributed by atoms with E-state index in [0.29, 0.717) is 21.7 Å². The largest absolute Gasteiger partial charge is 0.493 e. The Hall–Kier alpha value is -3.63. The quantitative estimate of drug-likeness (QED) is 0.653. The van der Waals surface area contributed by atoms with Gasteiger partial charge in [0.2, 0.25) is 5.88 Å². The van der Waals surface area contributed by atoms with E-state index >= 15 is 0 Å². The van der Waals surface area contributed by atoms with Crippen LogP contribution in [0, 0.1) is 11.3 Å². The molecule has 8 heteroatoms. The highest BCUT2D eigenvalue weighted by Crippen LogP contribution is 2.28. The van der Waals surface area contributed by atoms with Crippen LogP contribution in [-0.2, 0) is 0 Å². The summed E-state index contributed by atoms with van der Waals surface area (Å²) in [4.78, 5) is 22.3. The standard InChI is InChI=1S/C18H12ClN5O2/c19-12-4-1-10(2-5-12)16(18-23-14(25)7-15(26)24-18)17(21)11-3-6-13(8-20)22-9-11/h1-7,9H,21H2,(H2,23,24,25,26)/b17-16-. The number of nitriles is 1. The molecule has 0 bridgehead atoms. The molecule has 0 aliphatic rings. The molecule has 0 aliphatic carbocycles. The van der Waals surface area contributed by atoms with Crippen LogP contribution >= 0.6 is 11.6 Å². The third-order valence-corrected chi connectivity index (χ3v) is 3.81. The number of aromatic amines is 1. The van der Waals surface area contributed by atoms with Crippen molar-refractivity contribution < 1.29 is 5.11 Å². The number of nitrogens with one attached hydrogen (secondary N) is 1. The Morgan fingerprint density at radius 3 is 2.46 bits per heavy atom. The zero-order chi connectivity index (χ0) is 18.7.